The van der Waals surface area contributed by atoms with Gasteiger partial charge in [0.25, 0.3) is 0 Å². The van der Waals surface area contributed by atoms with Crippen LogP contribution in [0.5, 0.6) is 0 Å². The van der Waals surface area contributed by atoms with Gasteiger partial charge in [-0.05, 0) is 12.5 Å². The molecule has 1 heterocycles. The molecule has 1 atom stereocenters. The number of nitrogens with zero attached hydrogens (tertiary/aromatic N) is 1. The predicted molar refractivity (Wildman–Crippen MR) is 48.9 cm³/mol. The summed E-state index contributed by atoms with van der Waals surface area (Å²) < 4.78 is 35.6. The second-order valence-electron chi connectivity index (χ2n) is 3.17. The van der Waals surface area contributed by atoms with Gasteiger partial charge in [0.1, 0.15) is 0 Å². The van der Waals surface area contributed by atoms with Crippen LogP contribution in [-0.4, -0.2) is 16.3 Å². The zero-order chi connectivity index (χ0) is 11.5. The third-order valence-corrected chi connectivity index (χ3v) is 1.95. The van der Waals surface area contributed by atoms with Crippen molar-refractivity contribution in [3.63, 3.8) is 0 Å². The Bertz CT molecular complexity index is 327. The Morgan fingerprint density at radius 2 is 2.13 bits per heavy atom. The Labute approximate surface area is 84.7 Å². The number of nitrogens with two attached hydrogens (primary N) is 1. The minimum atomic E-state index is -4.27. The number of aliphatic hydroxyl groups is 1. The summed E-state index contributed by atoms with van der Waals surface area (Å²) in [6.45, 7) is 0. The maximum atomic E-state index is 11.9. The van der Waals surface area contributed by atoms with Crippen LogP contribution < -0.4 is 5.73 Å². The summed E-state index contributed by atoms with van der Waals surface area (Å²) >= 11 is 0. The van der Waals surface area contributed by atoms with E-state index in [1.165, 1.54) is 18.5 Å². The van der Waals surface area contributed by atoms with Crippen LogP contribution in [0.2, 0.25) is 0 Å². The summed E-state index contributed by atoms with van der Waals surface area (Å²) in [7, 11) is 0. The van der Waals surface area contributed by atoms with E-state index in [1.54, 1.807) is 0 Å². The first-order chi connectivity index (χ1) is 6.90. The number of hydrogen-bond acceptors (Lipinski definition) is 3. The van der Waals surface area contributed by atoms with Gasteiger partial charge in [0, 0.05) is 30.1 Å². The molecule has 0 amide bonds. The lowest BCUT2D eigenvalue weighted by Gasteiger charge is -2.13. The van der Waals surface area contributed by atoms with E-state index in [0.717, 1.165) is 0 Å². The molecule has 3 N–H and O–H groups in total. The third-order valence-electron chi connectivity index (χ3n) is 1.95. The molecule has 84 valence electrons. The molecule has 3 nitrogen and oxygen atoms in total. The van der Waals surface area contributed by atoms with Crippen molar-refractivity contribution in [2.75, 3.05) is 5.73 Å². The molecule has 0 aromatic carbocycles. The molecule has 0 radical (unpaired) electrons. The van der Waals surface area contributed by atoms with Crippen molar-refractivity contribution < 1.29 is 18.3 Å². The quantitative estimate of drug-likeness (QED) is 0.819. The van der Waals surface area contributed by atoms with Crippen molar-refractivity contribution in [2.24, 2.45) is 0 Å². The van der Waals surface area contributed by atoms with Crippen LogP contribution in [0.25, 0.3) is 0 Å². The monoisotopic (exact) mass is 220 g/mol. The molecular weight excluding hydrogens is 209 g/mol. The van der Waals surface area contributed by atoms with E-state index in [1.807, 2.05) is 0 Å². The average molecular weight is 220 g/mol. The lowest BCUT2D eigenvalue weighted by Crippen LogP contribution is -2.11. The topological polar surface area (TPSA) is 59.1 Å². The molecule has 1 rings (SSSR count). The van der Waals surface area contributed by atoms with Crippen LogP contribution in [0.1, 0.15) is 24.5 Å². The van der Waals surface area contributed by atoms with Gasteiger partial charge in [0.2, 0.25) is 0 Å². The number of rotatable bonds is 3. The van der Waals surface area contributed by atoms with Gasteiger partial charge in [-0.1, -0.05) is 0 Å². The standard InChI is InChI=1S/C9H11F3N2O/c10-9(11,12)3-1-8(15)6-5-14-4-2-7(6)13/h2,4-5,8,15H,1,3H2,(H2,13,14). The van der Waals surface area contributed by atoms with Gasteiger partial charge in [-0.2, -0.15) is 13.2 Å². The fraction of sp³-hybridized carbons (Fsp3) is 0.444. The second kappa shape index (κ2) is 4.48. The molecule has 0 aliphatic rings. The van der Waals surface area contributed by atoms with Crippen LogP contribution >= 0.6 is 0 Å². The van der Waals surface area contributed by atoms with Crippen molar-refractivity contribution in [3.05, 3.63) is 24.0 Å². The SMILES string of the molecule is Nc1ccncc1C(O)CCC(F)(F)F. The minimum absolute atomic E-state index is 0.238. The molecule has 1 unspecified atom stereocenters. The van der Waals surface area contributed by atoms with Crippen LogP contribution in [0.3, 0.4) is 0 Å². The van der Waals surface area contributed by atoms with Crippen molar-refractivity contribution in [1.29, 1.82) is 0 Å². The van der Waals surface area contributed by atoms with Crippen LogP contribution in [0, 0.1) is 0 Å². The number of aliphatic hydroxyl groups excluding tert-OH is 1. The average Bonchev–Trinajstić information content (AvgIpc) is 2.14. The fourth-order valence-electron chi connectivity index (χ4n) is 1.15. The summed E-state index contributed by atoms with van der Waals surface area (Å²) in [5.74, 6) is 0. The zero-order valence-corrected chi connectivity index (χ0v) is 7.83. The van der Waals surface area contributed by atoms with Gasteiger partial charge >= 0.3 is 6.18 Å². The van der Waals surface area contributed by atoms with Gasteiger partial charge in [-0.15, -0.1) is 0 Å². The third kappa shape index (κ3) is 3.75. The number of hydrogen-bond donors (Lipinski definition) is 2. The fourth-order valence-corrected chi connectivity index (χ4v) is 1.15. The number of alkyl halides is 3. The summed E-state index contributed by atoms with van der Waals surface area (Å²) in [5.41, 5.74) is 5.97. The summed E-state index contributed by atoms with van der Waals surface area (Å²) in [4.78, 5) is 3.69. The molecule has 0 saturated heterocycles. The highest BCUT2D eigenvalue weighted by atomic mass is 19.4. The summed E-state index contributed by atoms with van der Waals surface area (Å²) in [5, 5.41) is 9.44. The molecule has 0 fully saturated rings. The van der Waals surface area contributed by atoms with Gasteiger partial charge in [0.15, 0.2) is 0 Å². The van der Waals surface area contributed by atoms with E-state index in [0.29, 0.717) is 0 Å². The maximum Gasteiger partial charge on any atom is 0.389 e. The Balaban J connectivity index is 2.62. The first-order valence-electron chi connectivity index (χ1n) is 4.34. The molecule has 0 saturated carbocycles. The van der Waals surface area contributed by atoms with E-state index >= 15 is 0 Å². The van der Waals surface area contributed by atoms with E-state index in [2.05, 4.69) is 4.98 Å². The first kappa shape index (κ1) is 11.8. The van der Waals surface area contributed by atoms with Crippen LogP contribution in [-0.2, 0) is 0 Å². The highest BCUT2D eigenvalue weighted by molar-refractivity contribution is 5.45. The lowest BCUT2D eigenvalue weighted by molar-refractivity contribution is -0.140. The number of pyridine rings is 1. The van der Waals surface area contributed by atoms with Crippen LogP contribution in [0.4, 0.5) is 18.9 Å². The first-order valence-corrected chi connectivity index (χ1v) is 4.34. The van der Waals surface area contributed by atoms with E-state index < -0.39 is 25.1 Å². The van der Waals surface area contributed by atoms with Crippen molar-refractivity contribution in [2.45, 2.75) is 25.1 Å². The van der Waals surface area contributed by atoms with Crippen molar-refractivity contribution in [3.8, 4) is 0 Å². The highest BCUT2D eigenvalue weighted by Gasteiger charge is 2.28. The van der Waals surface area contributed by atoms with Gasteiger partial charge in [-0.3, -0.25) is 4.98 Å². The van der Waals surface area contributed by atoms with E-state index in [9.17, 15) is 18.3 Å². The van der Waals surface area contributed by atoms with Crippen molar-refractivity contribution >= 4 is 5.69 Å². The lowest BCUT2D eigenvalue weighted by atomic mass is 10.1. The highest BCUT2D eigenvalue weighted by Crippen LogP contribution is 2.29. The van der Waals surface area contributed by atoms with E-state index in [-0.39, 0.29) is 11.3 Å². The maximum absolute atomic E-state index is 11.9. The number of halogens is 3. The molecule has 15 heavy (non-hydrogen) atoms. The van der Waals surface area contributed by atoms with Crippen molar-refractivity contribution in [1.82, 2.24) is 4.98 Å². The summed E-state index contributed by atoms with van der Waals surface area (Å²) in [6.07, 6.45) is -4.24. The Morgan fingerprint density at radius 3 is 2.67 bits per heavy atom. The minimum Gasteiger partial charge on any atom is -0.398 e. The molecule has 1 aromatic rings. The molecule has 0 bridgehead atoms. The Hall–Kier alpha value is -1.30. The second-order valence-corrected chi connectivity index (χ2v) is 3.17. The molecular formula is C9H11F3N2O. The number of nitrogen functional groups attached to an aromatic ring is 1. The number of anilines is 1. The summed E-state index contributed by atoms with van der Waals surface area (Å²) in [6, 6.07) is 1.44. The van der Waals surface area contributed by atoms with Crippen LogP contribution in [0.15, 0.2) is 18.5 Å². The normalized spacial score (nSPS) is 13.9. The van der Waals surface area contributed by atoms with Gasteiger partial charge in [0.05, 0.1) is 6.10 Å². The molecule has 0 aliphatic heterocycles. The zero-order valence-electron chi connectivity index (χ0n) is 7.83. The molecule has 6 heteroatoms. The Kier molecular flexibility index (Phi) is 3.52. The molecule has 1 aromatic heterocycles. The van der Waals surface area contributed by atoms with Gasteiger partial charge < -0.3 is 10.8 Å². The predicted octanol–water partition coefficient (Wildman–Crippen LogP) is 2.04. The number of aromatic nitrogens is 1. The Morgan fingerprint density at radius 1 is 1.47 bits per heavy atom. The molecule has 0 spiro atoms. The smallest absolute Gasteiger partial charge is 0.389 e. The van der Waals surface area contributed by atoms with Gasteiger partial charge in [-0.25, -0.2) is 0 Å². The van der Waals surface area contributed by atoms with E-state index in [4.69, 9.17) is 5.73 Å². The largest absolute Gasteiger partial charge is 0.398 e. The molecule has 0 aliphatic carbocycles.